The van der Waals surface area contributed by atoms with Crippen molar-refractivity contribution in [1.29, 1.82) is 0 Å². The lowest BCUT2D eigenvalue weighted by Crippen LogP contribution is -2.32. The van der Waals surface area contributed by atoms with Crippen LogP contribution in [0.1, 0.15) is 168 Å². The molecule has 0 aromatic heterocycles. The highest BCUT2D eigenvalue weighted by Crippen LogP contribution is 2.14. The van der Waals surface area contributed by atoms with E-state index in [4.69, 9.17) is 28.4 Å². The summed E-state index contributed by atoms with van der Waals surface area (Å²) in [6, 6.07) is 0. The van der Waals surface area contributed by atoms with Crippen LogP contribution in [0.15, 0.2) is 0 Å². The molecule has 0 radical (unpaired) electrons. The first-order chi connectivity index (χ1) is 29.8. The van der Waals surface area contributed by atoms with E-state index in [-0.39, 0.29) is 63.4 Å². The summed E-state index contributed by atoms with van der Waals surface area (Å²) in [5, 5.41) is 20.2. The number of carbonyl (C=O) groups is 6. The average molecular weight is 889 g/mol. The quantitative estimate of drug-likeness (QED) is 0.0395. The number of esters is 6. The van der Waals surface area contributed by atoms with Crippen molar-refractivity contribution in [3.05, 3.63) is 0 Å². The van der Waals surface area contributed by atoms with Crippen LogP contribution in [0.4, 0.5) is 0 Å². The highest BCUT2D eigenvalue weighted by atomic mass is 16.6. The molecular formula is C46H84N2O14. The summed E-state index contributed by atoms with van der Waals surface area (Å²) in [6.07, 6.45) is 20.3. The van der Waals surface area contributed by atoms with Crippen LogP contribution in [0.25, 0.3) is 0 Å². The minimum absolute atomic E-state index is 0.0289. The Hall–Kier alpha value is -3.34. The maximum absolute atomic E-state index is 12.0. The third-order valence-corrected chi connectivity index (χ3v) is 10.1. The molecule has 62 heavy (non-hydrogen) atoms. The van der Waals surface area contributed by atoms with Gasteiger partial charge in [0.15, 0.2) is 0 Å². The van der Waals surface area contributed by atoms with E-state index in [0.29, 0.717) is 52.0 Å². The second-order valence-corrected chi connectivity index (χ2v) is 16.4. The maximum atomic E-state index is 12.0. The predicted octanol–water partition coefficient (Wildman–Crippen LogP) is 6.23. The predicted molar refractivity (Wildman–Crippen MR) is 235 cm³/mol. The van der Waals surface area contributed by atoms with E-state index in [9.17, 15) is 39.0 Å². The molecule has 362 valence electrons. The molecule has 0 aliphatic carbocycles. The van der Waals surface area contributed by atoms with E-state index in [1.54, 1.807) is 23.9 Å². The number of likely N-dealkylation sites (N-methyl/N-ethyl adjacent to an activating group) is 2. The topological polar surface area (TPSA) is 205 Å². The number of carbonyl (C=O) groups excluding carboxylic acids is 6. The lowest BCUT2D eigenvalue weighted by Gasteiger charge is -2.16. The number of rotatable bonds is 43. The molecular weight excluding hydrogens is 805 g/mol. The number of hydrogen-bond acceptors (Lipinski definition) is 16. The normalized spacial score (nSPS) is 12.2. The molecule has 0 bridgehead atoms. The van der Waals surface area contributed by atoms with Gasteiger partial charge in [-0.1, -0.05) is 103 Å². The molecule has 2 unspecified atom stereocenters. The maximum Gasteiger partial charge on any atom is 0.320 e. The summed E-state index contributed by atoms with van der Waals surface area (Å²) in [4.78, 5) is 72.8. The molecule has 16 heteroatoms. The highest BCUT2D eigenvalue weighted by molar-refractivity contribution is 5.72. The highest BCUT2D eigenvalue weighted by Gasteiger charge is 2.13. The molecule has 0 aromatic carbocycles. The molecule has 0 saturated heterocycles. The fraction of sp³-hybridized carbons (Fsp3) is 0.870. The first-order valence-electron chi connectivity index (χ1n) is 23.4. The number of aliphatic hydroxyl groups is 2. The van der Waals surface area contributed by atoms with Gasteiger partial charge in [0.1, 0.15) is 26.4 Å². The standard InChI is InChI=1S/C46H84N2O14/c1-39(49)57-33-29-47(3)35-45(55)61-37-41(51)25-19-13-7-9-15-21-27-43(53)59-31-23-17-11-5-6-12-18-24-32-60-44(54)28-22-16-10-8-14-20-26-42(52)38-62-46(56)36-48(4)30-34-58-40(2)50/h41-42,51-52H,5-38H2,1-4H3. The van der Waals surface area contributed by atoms with Crippen LogP contribution in [0.5, 0.6) is 0 Å². The van der Waals surface area contributed by atoms with Crippen LogP contribution >= 0.6 is 0 Å². The number of ether oxygens (including phenoxy) is 6. The minimum Gasteiger partial charge on any atom is -0.466 e. The third-order valence-electron chi connectivity index (χ3n) is 10.1. The van der Waals surface area contributed by atoms with Gasteiger partial charge in [0.05, 0.1) is 38.5 Å². The Bertz CT molecular complexity index is 1080. The number of aliphatic hydroxyl groups excluding tert-OH is 2. The molecule has 16 nitrogen and oxygen atoms in total. The summed E-state index contributed by atoms with van der Waals surface area (Å²) in [6.45, 7) is 4.95. The number of hydrogen-bond donors (Lipinski definition) is 2. The van der Waals surface area contributed by atoms with Gasteiger partial charge in [0, 0.05) is 39.8 Å². The van der Waals surface area contributed by atoms with Gasteiger partial charge in [0.25, 0.3) is 0 Å². The lowest BCUT2D eigenvalue weighted by atomic mass is 10.1. The molecule has 0 aromatic rings. The van der Waals surface area contributed by atoms with Gasteiger partial charge >= 0.3 is 35.8 Å². The molecule has 2 atom stereocenters. The van der Waals surface area contributed by atoms with E-state index < -0.39 is 24.1 Å². The number of unbranched alkanes of at least 4 members (excludes halogenated alkanes) is 17. The third kappa shape index (κ3) is 43.3. The van der Waals surface area contributed by atoms with Gasteiger partial charge < -0.3 is 38.6 Å². The number of nitrogens with zero attached hydrogens (tertiary/aromatic N) is 2. The van der Waals surface area contributed by atoms with Crippen molar-refractivity contribution in [2.24, 2.45) is 0 Å². The minimum atomic E-state index is -0.689. The van der Waals surface area contributed by atoms with E-state index in [2.05, 4.69) is 0 Å². The zero-order valence-corrected chi connectivity index (χ0v) is 38.9. The fourth-order valence-corrected chi connectivity index (χ4v) is 6.42. The Balaban J connectivity index is 3.46. The molecule has 0 spiro atoms. The SMILES string of the molecule is CC(=O)OCCN(C)CC(=O)OCC(O)CCCCCCCCC(=O)OCCCCCCCCCCOC(=O)CCCCCCCCC(O)COC(=O)CN(C)CCOC(C)=O. The summed E-state index contributed by atoms with van der Waals surface area (Å²) in [5.74, 6) is -1.84. The smallest absolute Gasteiger partial charge is 0.320 e. The monoisotopic (exact) mass is 889 g/mol. The molecule has 0 amide bonds. The van der Waals surface area contributed by atoms with E-state index >= 15 is 0 Å². The Morgan fingerprint density at radius 1 is 0.387 bits per heavy atom. The fourth-order valence-electron chi connectivity index (χ4n) is 6.42. The van der Waals surface area contributed by atoms with E-state index in [1.807, 2.05) is 0 Å². The molecule has 0 fully saturated rings. The second kappa shape index (κ2) is 41.7. The Kier molecular flexibility index (Phi) is 39.4. The zero-order chi connectivity index (χ0) is 46.1. The van der Waals surface area contributed by atoms with Crippen LogP contribution in [-0.2, 0) is 57.2 Å². The molecule has 0 rings (SSSR count). The van der Waals surface area contributed by atoms with Gasteiger partial charge in [-0.2, -0.15) is 0 Å². The van der Waals surface area contributed by atoms with Crippen LogP contribution in [0.2, 0.25) is 0 Å². The molecule has 0 aliphatic heterocycles. The van der Waals surface area contributed by atoms with Crippen molar-refractivity contribution < 1.29 is 67.4 Å². The van der Waals surface area contributed by atoms with E-state index in [0.717, 1.165) is 128 Å². The van der Waals surface area contributed by atoms with Gasteiger partial charge in [-0.05, 0) is 52.6 Å². The van der Waals surface area contributed by atoms with Crippen LogP contribution in [-0.4, -0.2) is 148 Å². The molecule has 0 aliphatic rings. The molecule has 2 N–H and O–H groups in total. The summed E-state index contributed by atoms with van der Waals surface area (Å²) < 4.78 is 30.8. The van der Waals surface area contributed by atoms with Crippen LogP contribution < -0.4 is 0 Å². The Labute approximate surface area is 372 Å². The lowest BCUT2D eigenvalue weighted by molar-refractivity contribution is -0.149. The molecule has 0 saturated carbocycles. The van der Waals surface area contributed by atoms with Gasteiger partial charge in [-0.15, -0.1) is 0 Å². The largest absolute Gasteiger partial charge is 0.466 e. The first kappa shape index (κ1) is 58.7. The average Bonchev–Trinajstić information content (AvgIpc) is 3.21. The Morgan fingerprint density at radius 3 is 1.03 bits per heavy atom. The van der Waals surface area contributed by atoms with Crippen molar-refractivity contribution in [3.8, 4) is 0 Å². The van der Waals surface area contributed by atoms with Crippen molar-refractivity contribution >= 4 is 35.8 Å². The zero-order valence-electron chi connectivity index (χ0n) is 38.9. The van der Waals surface area contributed by atoms with E-state index in [1.165, 1.54) is 13.8 Å². The van der Waals surface area contributed by atoms with Crippen molar-refractivity contribution in [3.63, 3.8) is 0 Å². The van der Waals surface area contributed by atoms with Gasteiger partial charge in [-0.3, -0.25) is 38.6 Å². The Morgan fingerprint density at radius 2 is 0.694 bits per heavy atom. The van der Waals surface area contributed by atoms with Gasteiger partial charge in [0.2, 0.25) is 0 Å². The van der Waals surface area contributed by atoms with Crippen LogP contribution in [0.3, 0.4) is 0 Å². The summed E-state index contributed by atoms with van der Waals surface area (Å²) >= 11 is 0. The second-order valence-electron chi connectivity index (χ2n) is 16.4. The summed E-state index contributed by atoms with van der Waals surface area (Å²) in [5.41, 5.74) is 0. The van der Waals surface area contributed by atoms with Crippen molar-refractivity contribution in [2.45, 2.75) is 180 Å². The first-order valence-corrected chi connectivity index (χ1v) is 23.4. The molecule has 0 heterocycles. The van der Waals surface area contributed by atoms with Gasteiger partial charge in [-0.25, -0.2) is 0 Å². The summed E-state index contributed by atoms with van der Waals surface area (Å²) in [7, 11) is 3.46. The van der Waals surface area contributed by atoms with Crippen molar-refractivity contribution in [1.82, 2.24) is 9.80 Å². The van der Waals surface area contributed by atoms with Crippen molar-refractivity contribution in [2.75, 3.05) is 79.9 Å². The van der Waals surface area contributed by atoms with Crippen LogP contribution in [0, 0.1) is 0 Å².